The molecule has 0 saturated carbocycles. The topological polar surface area (TPSA) is 66.5 Å². The summed E-state index contributed by atoms with van der Waals surface area (Å²) in [6.07, 6.45) is 2.76. The average molecular weight is 411 g/mol. The second-order valence-corrected chi connectivity index (χ2v) is 8.74. The van der Waals surface area contributed by atoms with Gasteiger partial charge in [0.1, 0.15) is 5.82 Å². The van der Waals surface area contributed by atoms with Gasteiger partial charge in [0, 0.05) is 19.6 Å². The van der Waals surface area contributed by atoms with Crippen molar-refractivity contribution in [2.24, 2.45) is 0 Å². The first-order valence-electron chi connectivity index (χ1n) is 8.71. The lowest BCUT2D eigenvalue weighted by Crippen LogP contribution is -2.35. The second kappa shape index (κ2) is 8.37. The fourth-order valence-electron chi connectivity index (χ4n) is 3.06. The predicted molar refractivity (Wildman–Crippen MR) is 102 cm³/mol. The Labute approximate surface area is 163 Å². The molecule has 0 aliphatic carbocycles. The lowest BCUT2D eigenvalue weighted by Gasteiger charge is -2.26. The molecular weight excluding hydrogens is 391 g/mol. The minimum absolute atomic E-state index is 0.0222. The summed E-state index contributed by atoms with van der Waals surface area (Å²) >= 11 is 5.89. The van der Waals surface area contributed by atoms with Crippen molar-refractivity contribution in [3.63, 3.8) is 0 Å². The van der Waals surface area contributed by atoms with Gasteiger partial charge in [-0.3, -0.25) is 4.79 Å². The predicted octanol–water partition coefficient (Wildman–Crippen LogP) is 3.58. The Bertz CT molecular complexity index is 923. The Balaban J connectivity index is 1.73. The number of nitrogens with one attached hydrogen (secondary N) is 1. The van der Waals surface area contributed by atoms with Crippen molar-refractivity contribution in [1.29, 1.82) is 0 Å². The first-order valence-corrected chi connectivity index (χ1v) is 10.5. The van der Waals surface area contributed by atoms with E-state index >= 15 is 0 Å². The molecule has 1 fully saturated rings. The van der Waals surface area contributed by atoms with E-state index < -0.39 is 21.7 Å². The number of benzene rings is 2. The van der Waals surface area contributed by atoms with Crippen LogP contribution in [0.25, 0.3) is 0 Å². The lowest BCUT2D eigenvalue weighted by molar-refractivity contribution is 0.0947. The standard InChI is InChI=1S/C19H20ClFN2O3S/c20-16-8-5-9-17(21)18(16)19(24)22-13-14-6-4-7-15(12-14)27(25,26)23-10-2-1-3-11-23/h4-9,12H,1-3,10-11,13H2,(H,22,24). The number of amides is 1. The van der Waals surface area contributed by atoms with E-state index in [1.54, 1.807) is 18.2 Å². The molecule has 1 heterocycles. The summed E-state index contributed by atoms with van der Waals surface area (Å²) in [5, 5.41) is 2.61. The Kier molecular flexibility index (Phi) is 6.14. The number of piperidine rings is 1. The fraction of sp³-hybridized carbons (Fsp3) is 0.316. The fourth-order valence-corrected chi connectivity index (χ4v) is 4.89. The highest BCUT2D eigenvalue weighted by Crippen LogP contribution is 2.22. The molecule has 1 amide bonds. The first-order chi connectivity index (χ1) is 12.9. The molecule has 8 heteroatoms. The van der Waals surface area contributed by atoms with Crippen LogP contribution in [0.2, 0.25) is 5.02 Å². The summed E-state index contributed by atoms with van der Waals surface area (Å²) < 4.78 is 40.8. The number of nitrogens with zero attached hydrogens (tertiary/aromatic N) is 1. The van der Waals surface area contributed by atoms with E-state index in [0.717, 1.165) is 25.3 Å². The monoisotopic (exact) mass is 410 g/mol. The van der Waals surface area contributed by atoms with Gasteiger partial charge in [-0.15, -0.1) is 0 Å². The van der Waals surface area contributed by atoms with Gasteiger partial charge in [0.05, 0.1) is 15.5 Å². The molecule has 1 aliphatic rings. The van der Waals surface area contributed by atoms with Crippen LogP contribution in [0.15, 0.2) is 47.4 Å². The van der Waals surface area contributed by atoms with E-state index in [2.05, 4.69) is 5.32 Å². The van der Waals surface area contributed by atoms with Gasteiger partial charge < -0.3 is 5.32 Å². The molecule has 0 radical (unpaired) electrons. The number of sulfonamides is 1. The molecule has 2 aromatic rings. The molecule has 0 aromatic heterocycles. The quantitative estimate of drug-likeness (QED) is 0.819. The van der Waals surface area contributed by atoms with Gasteiger partial charge in [0.15, 0.2) is 0 Å². The maximum absolute atomic E-state index is 13.8. The Hall–Kier alpha value is -1.96. The van der Waals surface area contributed by atoms with Crippen LogP contribution in [0, 0.1) is 5.82 Å². The van der Waals surface area contributed by atoms with Crippen molar-refractivity contribution < 1.29 is 17.6 Å². The van der Waals surface area contributed by atoms with Crippen LogP contribution in [0.5, 0.6) is 0 Å². The first kappa shape index (κ1) is 19.8. The molecule has 27 heavy (non-hydrogen) atoms. The smallest absolute Gasteiger partial charge is 0.256 e. The summed E-state index contributed by atoms with van der Waals surface area (Å²) in [5.74, 6) is -1.36. The molecular formula is C19H20ClFN2O3S. The molecule has 2 aromatic carbocycles. The Morgan fingerprint density at radius 3 is 2.52 bits per heavy atom. The number of carbonyl (C=O) groups is 1. The number of carbonyl (C=O) groups excluding carboxylic acids is 1. The van der Waals surface area contributed by atoms with Crippen molar-refractivity contribution >= 4 is 27.5 Å². The van der Waals surface area contributed by atoms with Gasteiger partial charge in [-0.1, -0.05) is 36.2 Å². The van der Waals surface area contributed by atoms with E-state index in [4.69, 9.17) is 11.6 Å². The van der Waals surface area contributed by atoms with Crippen LogP contribution in [-0.2, 0) is 16.6 Å². The van der Waals surface area contributed by atoms with Crippen LogP contribution >= 0.6 is 11.6 Å². The zero-order chi connectivity index (χ0) is 19.4. The Morgan fingerprint density at radius 2 is 1.81 bits per heavy atom. The Morgan fingerprint density at radius 1 is 1.11 bits per heavy atom. The van der Waals surface area contributed by atoms with E-state index in [1.807, 2.05) is 0 Å². The molecule has 5 nitrogen and oxygen atoms in total. The SMILES string of the molecule is O=C(NCc1cccc(S(=O)(=O)N2CCCCC2)c1)c1c(F)cccc1Cl. The maximum Gasteiger partial charge on any atom is 0.256 e. The maximum atomic E-state index is 13.8. The molecule has 1 N–H and O–H groups in total. The molecule has 1 saturated heterocycles. The van der Waals surface area contributed by atoms with Crippen LogP contribution < -0.4 is 5.32 Å². The molecule has 3 rings (SSSR count). The number of rotatable bonds is 5. The highest BCUT2D eigenvalue weighted by molar-refractivity contribution is 7.89. The van der Waals surface area contributed by atoms with E-state index in [9.17, 15) is 17.6 Å². The number of hydrogen-bond donors (Lipinski definition) is 1. The van der Waals surface area contributed by atoms with Gasteiger partial charge in [-0.05, 0) is 42.7 Å². The minimum atomic E-state index is -3.55. The number of halogens is 2. The summed E-state index contributed by atoms with van der Waals surface area (Å²) in [4.78, 5) is 12.4. The highest BCUT2D eigenvalue weighted by Gasteiger charge is 2.26. The largest absolute Gasteiger partial charge is 0.348 e. The zero-order valence-corrected chi connectivity index (χ0v) is 16.2. The average Bonchev–Trinajstić information content (AvgIpc) is 2.67. The van der Waals surface area contributed by atoms with Crippen molar-refractivity contribution in [3.8, 4) is 0 Å². The third kappa shape index (κ3) is 4.48. The van der Waals surface area contributed by atoms with Crippen molar-refractivity contribution in [2.45, 2.75) is 30.7 Å². The lowest BCUT2D eigenvalue weighted by atomic mass is 10.2. The summed E-state index contributed by atoms with van der Waals surface area (Å²) in [7, 11) is -3.55. The van der Waals surface area contributed by atoms with Crippen molar-refractivity contribution in [3.05, 3.63) is 64.4 Å². The zero-order valence-electron chi connectivity index (χ0n) is 14.6. The third-order valence-electron chi connectivity index (χ3n) is 4.49. The van der Waals surface area contributed by atoms with Crippen LogP contribution in [0.3, 0.4) is 0 Å². The van der Waals surface area contributed by atoms with E-state index in [-0.39, 0.29) is 22.0 Å². The molecule has 0 spiro atoms. The number of hydrogen-bond acceptors (Lipinski definition) is 3. The highest BCUT2D eigenvalue weighted by atomic mass is 35.5. The summed E-state index contributed by atoms with van der Waals surface area (Å²) in [6.45, 7) is 1.11. The van der Waals surface area contributed by atoms with Gasteiger partial charge >= 0.3 is 0 Å². The normalized spacial score (nSPS) is 15.5. The molecule has 0 unspecified atom stereocenters. The summed E-state index contributed by atoms with van der Waals surface area (Å²) in [6, 6.07) is 10.4. The minimum Gasteiger partial charge on any atom is -0.348 e. The molecule has 1 aliphatic heterocycles. The van der Waals surface area contributed by atoms with Gasteiger partial charge in [-0.25, -0.2) is 12.8 Å². The van der Waals surface area contributed by atoms with Gasteiger partial charge in [-0.2, -0.15) is 4.31 Å². The van der Waals surface area contributed by atoms with Gasteiger partial charge in [0.25, 0.3) is 5.91 Å². The third-order valence-corrected chi connectivity index (χ3v) is 6.70. The summed E-state index contributed by atoms with van der Waals surface area (Å²) in [5.41, 5.74) is 0.380. The molecule has 0 atom stereocenters. The molecule has 144 valence electrons. The second-order valence-electron chi connectivity index (χ2n) is 6.39. The molecule has 0 bridgehead atoms. The van der Waals surface area contributed by atoms with Crippen LogP contribution in [-0.4, -0.2) is 31.7 Å². The van der Waals surface area contributed by atoms with E-state index in [0.29, 0.717) is 18.7 Å². The van der Waals surface area contributed by atoms with E-state index in [1.165, 1.54) is 22.5 Å². The van der Waals surface area contributed by atoms with Crippen LogP contribution in [0.4, 0.5) is 4.39 Å². The van der Waals surface area contributed by atoms with Crippen LogP contribution in [0.1, 0.15) is 35.2 Å². The van der Waals surface area contributed by atoms with Gasteiger partial charge in [0.2, 0.25) is 10.0 Å². The van der Waals surface area contributed by atoms with Crippen molar-refractivity contribution in [1.82, 2.24) is 9.62 Å². The van der Waals surface area contributed by atoms with Crippen molar-refractivity contribution in [2.75, 3.05) is 13.1 Å².